The van der Waals surface area contributed by atoms with Crippen LogP contribution in [0.5, 0.6) is 5.88 Å². The van der Waals surface area contributed by atoms with Crippen LogP contribution in [-0.2, 0) is 19.6 Å². The first-order valence-electron chi connectivity index (χ1n) is 13.1. The number of ether oxygens (including phenoxy) is 1. The smallest absolute Gasteiger partial charge is 0.264 e. The van der Waals surface area contributed by atoms with Crippen molar-refractivity contribution in [3.63, 3.8) is 0 Å². The number of aromatic nitrogens is 3. The number of fused-ring (bicyclic) bond motifs is 1. The van der Waals surface area contributed by atoms with Crippen molar-refractivity contribution in [1.82, 2.24) is 19.9 Å². The van der Waals surface area contributed by atoms with Crippen molar-refractivity contribution in [2.75, 3.05) is 42.9 Å². The van der Waals surface area contributed by atoms with E-state index in [2.05, 4.69) is 19.6 Å². The van der Waals surface area contributed by atoms with Crippen molar-refractivity contribution in [3.05, 3.63) is 78.6 Å². The van der Waals surface area contributed by atoms with Crippen LogP contribution in [0.4, 0.5) is 20.2 Å². The number of piperazine rings is 1. The van der Waals surface area contributed by atoms with Gasteiger partial charge in [0.1, 0.15) is 27.7 Å². The molecule has 222 valence electrons. The molecule has 0 unspecified atom stereocenters. The number of hydrogen-bond acceptors (Lipinski definition) is 9. The second kappa shape index (κ2) is 12.1. The number of rotatable bonds is 8. The summed E-state index contributed by atoms with van der Waals surface area (Å²) < 4.78 is 61.0. The van der Waals surface area contributed by atoms with Gasteiger partial charge in [-0.05, 0) is 49.4 Å². The number of methoxy groups -OCH3 is 1. The summed E-state index contributed by atoms with van der Waals surface area (Å²) >= 11 is 0. The Kier molecular flexibility index (Phi) is 8.30. The Morgan fingerprint density at radius 2 is 1.77 bits per heavy atom. The molecule has 3 aromatic heterocycles. The van der Waals surface area contributed by atoms with Crippen LogP contribution in [0.3, 0.4) is 0 Å². The van der Waals surface area contributed by atoms with Crippen LogP contribution in [0.2, 0.25) is 0 Å². The molecule has 4 aromatic rings. The number of benzene rings is 1. The number of amides is 1. The van der Waals surface area contributed by atoms with Crippen LogP contribution < -0.4 is 14.4 Å². The van der Waals surface area contributed by atoms with E-state index in [4.69, 9.17) is 9.72 Å². The first-order valence-corrected chi connectivity index (χ1v) is 14.5. The van der Waals surface area contributed by atoms with E-state index in [1.165, 1.54) is 38.4 Å². The van der Waals surface area contributed by atoms with Gasteiger partial charge in [-0.3, -0.25) is 19.3 Å². The number of carbonyl (C=O) groups is 2. The van der Waals surface area contributed by atoms with Gasteiger partial charge in [0, 0.05) is 56.3 Å². The van der Waals surface area contributed by atoms with Crippen molar-refractivity contribution in [2.45, 2.75) is 11.8 Å². The zero-order chi connectivity index (χ0) is 30.7. The van der Waals surface area contributed by atoms with Crippen LogP contribution in [-0.4, -0.2) is 73.2 Å². The maximum atomic E-state index is 14.3. The lowest BCUT2D eigenvalue weighted by atomic mass is 10.1. The predicted molar refractivity (Wildman–Crippen MR) is 155 cm³/mol. The topological polar surface area (TPSA) is 135 Å². The number of hydrogen-bond donors (Lipinski definition) is 1. The predicted octanol–water partition coefficient (Wildman–Crippen LogP) is 3.57. The molecule has 0 aliphatic carbocycles. The molecule has 1 N–H and O–H groups in total. The summed E-state index contributed by atoms with van der Waals surface area (Å²) in [6.07, 6.45) is 5.66. The maximum Gasteiger partial charge on any atom is 0.264 e. The van der Waals surface area contributed by atoms with Crippen LogP contribution >= 0.6 is 0 Å². The number of nitrogens with one attached hydrogen (secondary N) is 1. The summed E-state index contributed by atoms with van der Waals surface area (Å²) in [5.41, 5.74) is 2.82. The Labute approximate surface area is 245 Å². The average Bonchev–Trinajstić information content (AvgIpc) is 2.99. The van der Waals surface area contributed by atoms with Gasteiger partial charge in [-0.2, -0.15) is 0 Å². The number of anilines is 2. The summed E-state index contributed by atoms with van der Waals surface area (Å²) in [6.45, 7) is 3.34. The van der Waals surface area contributed by atoms with E-state index in [9.17, 15) is 26.8 Å². The molecule has 0 saturated carbocycles. The van der Waals surface area contributed by atoms with E-state index in [0.29, 0.717) is 54.5 Å². The molecule has 1 fully saturated rings. The number of allylic oxidation sites excluding steroid dienone is 1. The highest BCUT2D eigenvalue weighted by Crippen LogP contribution is 2.32. The van der Waals surface area contributed by atoms with Crippen molar-refractivity contribution in [2.24, 2.45) is 0 Å². The van der Waals surface area contributed by atoms with E-state index in [-0.39, 0.29) is 23.3 Å². The summed E-state index contributed by atoms with van der Waals surface area (Å²) in [6, 6.07) is 8.91. The highest BCUT2D eigenvalue weighted by Gasteiger charge is 2.24. The number of carbonyl (C=O) groups excluding carboxylic acids is 2. The van der Waals surface area contributed by atoms with Crippen LogP contribution in [0.15, 0.2) is 71.9 Å². The first kappa shape index (κ1) is 29.5. The molecule has 1 aromatic carbocycles. The van der Waals surface area contributed by atoms with Gasteiger partial charge in [-0.15, -0.1) is 0 Å². The Balaban J connectivity index is 1.43. The quantitative estimate of drug-likeness (QED) is 0.298. The monoisotopic (exact) mass is 608 g/mol. The van der Waals surface area contributed by atoms with E-state index < -0.39 is 26.6 Å². The lowest BCUT2D eigenvalue weighted by molar-refractivity contribution is -0.126. The van der Waals surface area contributed by atoms with Crippen LogP contribution in [0.25, 0.3) is 22.3 Å². The maximum absolute atomic E-state index is 14.3. The summed E-state index contributed by atoms with van der Waals surface area (Å²) in [7, 11) is -3.16. The minimum absolute atomic E-state index is 0.0662. The lowest BCUT2D eigenvalue weighted by Crippen LogP contribution is -2.48. The minimum Gasteiger partial charge on any atom is -0.480 e. The van der Waals surface area contributed by atoms with Gasteiger partial charge in [0.2, 0.25) is 11.8 Å². The summed E-state index contributed by atoms with van der Waals surface area (Å²) in [5.74, 6) is -2.65. The van der Waals surface area contributed by atoms with Gasteiger partial charge < -0.3 is 14.5 Å². The molecule has 1 aliphatic heterocycles. The number of halogens is 2. The normalized spacial score (nSPS) is 13.9. The van der Waals surface area contributed by atoms with Gasteiger partial charge in [0.25, 0.3) is 10.0 Å². The molecular weight excluding hydrogens is 582 g/mol. The largest absolute Gasteiger partial charge is 0.480 e. The second-order valence-corrected chi connectivity index (χ2v) is 11.3. The van der Waals surface area contributed by atoms with Crippen molar-refractivity contribution >= 4 is 44.1 Å². The minimum atomic E-state index is -4.46. The molecule has 4 heterocycles. The van der Waals surface area contributed by atoms with Gasteiger partial charge in [0.05, 0.1) is 24.0 Å². The molecule has 1 amide bonds. The molecule has 0 radical (unpaired) electrons. The SMILES string of the molecule is COc1ncc(-c2ccc3nccc(N4CCN(C(=O)/C=C/C(C)=O)CC4)c3n2)cc1NS(=O)(=O)c1ccc(F)cc1F. The van der Waals surface area contributed by atoms with Crippen molar-refractivity contribution < 1.29 is 31.5 Å². The highest BCUT2D eigenvalue weighted by atomic mass is 32.2. The third-order valence-corrected chi connectivity index (χ3v) is 8.12. The molecular formula is C29H26F2N6O5S. The van der Waals surface area contributed by atoms with Gasteiger partial charge in [-0.1, -0.05) is 0 Å². The van der Waals surface area contributed by atoms with Gasteiger partial charge in [-0.25, -0.2) is 27.2 Å². The van der Waals surface area contributed by atoms with Gasteiger partial charge >= 0.3 is 0 Å². The van der Waals surface area contributed by atoms with E-state index in [1.54, 1.807) is 23.2 Å². The number of pyridine rings is 3. The molecule has 0 bridgehead atoms. The fourth-order valence-electron chi connectivity index (χ4n) is 4.61. The molecule has 5 rings (SSSR count). The number of nitrogens with zero attached hydrogens (tertiary/aromatic N) is 5. The van der Waals surface area contributed by atoms with Crippen LogP contribution in [0, 0.1) is 11.6 Å². The van der Waals surface area contributed by atoms with E-state index >= 15 is 0 Å². The second-order valence-electron chi connectivity index (χ2n) is 9.61. The van der Waals surface area contributed by atoms with E-state index in [1.807, 2.05) is 6.07 Å². The fourth-order valence-corrected chi connectivity index (χ4v) is 5.72. The van der Waals surface area contributed by atoms with Crippen molar-refractivity contribution in [3.8, 4) is 17.1 Å². The zero-order valence-electron chi connectivity index (χ0n) is 23.1. The summed E-state index contributed by atoms with van der Waals surface area (Å²) in [4.78, 5) is 40.0. The Morgan fingerprint density at radius 1 is 1.00 bits per heavy atom. The van der Waals surface area contributed by atoms with Crippen molar-refractivity contribution in [1.29, 1.82) is 0 Å². The number of sulfonamides is 1. The Hall–Kier alpha value is -4.98. The molecule has 0 atom stereocenters. The Bertz CT molecular complexity index is 1860. The van der Waals surface area contributed by atoms with E-state index in [0.717, 1.165) is 17.8 Å². The fraction of sp³-hybridized carbons (Fsp3) is 0.207. The third kappa shape index (κ3) is 6.43. The third-order valence-electron chi connectivity index (χ3n) is 6.72. The molecule has 11 nitrogen and oxygen atoms in total. The Morgan fingerprint density at radius 3 is 2.47 bits per heavy atom. The number of ketones is 1. The average molecular weight is 609 g/mol. The molecule has 1 saturated heterocycles. The molecule has 1 aliphatic rings. The first-order chi connectivity index (χ1) is 20.6. The molecule has 0 spiro atoms. The molecule has 14 heteroatoms. The standard InChI is InChI=1S/C29H26F2N6O5S/c1-18(38)3-8-27(39)37-13-11-36(12-14-37)25-9-10-32-23-6-5-22(34-28(23)25)19-15-24(29(42-2)33-17-19)35-43(40,41)26-7-4-20(30)16-21(26)31/h3-10,15-17,35H,11-14H2,1-2H3/b8-3+. The molecule has 43 heavy (non-hydrogen) atoms. The lowest BCUT2D eigenvalue weighted by Gasteiger charge is -2.35. The highest BCUT2D eigenvalue weighted by molar-refractivity contribution is 7.92. The van der Waals surface area contributed by atoms with Crippen LogP contribution in [0.1, 0.15) is 6.92 Å². The summed E-state index contributed by atoms with van der Waals surface area (Å²) in [5, 5.41) is 0. The zero-order valence-corrected chi connectivity index (χ0v) is 23.9. The van der Waals surface area contributed by atoms with Gasteiger partial charge in [0.15, 0.2) is 5.78 Å².